The Morgan fingerprint density at radius 1 is 1.22 bits per heavy atom. The molecule has 0 saturated carbocycles. The lowest BCUT2D eigenvalue weighted by Gasteiger charge is -2.50. The molecule has 1 aliphatic carbocycles. The molecule has 27 heavy (non-hydrogen) atoms. The molecule has 1 heterocycles. The average Bonchev–Trinajstić information content (AvgIpc) is 2.60. The van der Waals surface area contributed by atoms with Crippen LogP contribution in [0.25, 0.3) is 0 Å². The summed E-state index contributed by atoms with van der Waals surface area (Å²) >= 11 is 0. The molecule has 1 fully saturated rings. The van der Waals surface area contributed by atoms with E-state index in [1.54, 1.807) is 0 Å². The van der Waals surface area contributed by atoms with Crippen molar-refractivity contribution in [2.75, 3.05) is 26.2 Å². The molecule has 0 aromatic heterocycles. The van der Waals surface area contributed by atoms with Crippen LogP contribution in [0, 0.1) is 26.1 Å². The van der Waals surface area contributed by atoms with Gasteiger partial charge in [-0.25, -0.2) is 0 Å². The molecule has 2 aliphatic rings. The van der Waals surface area contributed by atoms with Gasteiger partial charge in [-0.05, 0) is 6.92 Å². The molecule has 1 aliphatic heterocycles. The molecule has 1 saturated heterocycles. The van der Waals surface area contributed by atoms with Crippen LogP contribution in [-0.4, -0.2) is 63.2 Å². The maximum Gasteiger partial charge on any atom is 0.306 e. The van der Waals surface area contributed by atoms with E-state index in [1.165, 1.54) is 36.1 Å². The highest BCUT2D eigenvalue weighted by atomic mass is 16.6. The highest BCUT2D eigenvalue weighted by Gasteiger charge is 2.77. The zero-order valence-electron chi connectivity index (χ0n) is 14.7. The summed E-state index contributed by atoms with van der Waals surface area (Å²) in [5.41, 5.74) is -4.27. The van der Waals surface area contributed by atoms with Crippen LogP contribution in [0.3, 0.4) is 0 Å². The first kappa shape index (κ1) is 19.1. The number of carbonyl (C=O) groups is 2. The number of fused-ring (bicyclic) bond motifs is 4. The summed E-state index contributed by atoms with van der Waals surface area (Å²) < 4.78 is 0. The molecule has 0 amide bonds. The summed E-state index contributed by atoms with van der Waals surface area (Å²) in [5, 5.41) is 33.8. The summed E-state index contributed by atoms with van der Waals surface area (Å²) in [6.07, 6.45) is -0.449. The quantitative estimate of drug-likeness (QED) is 0.549. The van der Waals surface area contributed by atoms with E-state index in [2.05, 4.69) is 0 Å². The molecule has 1 N–H and O–H groups in total. The van der Waals surface area contributed by atoms with E-state index in [0.29, 0.717) is 0 Å². The molecule has 1 aromatic carbocycles. The Morgan fingerprint density at radius 3 is 2.37 bits per heavy atom. The molecule has 0 radical (unpaired) electrons. The first-order valence-electron chi connectivity index (χ1n) is 8.47. The second-order valence-corrected chi connectivity index (χ2v) is 7.13. The van der Waals surface area contributed by atoms with E-state index < -0.39 is 44.8 Å². The van der Waals surface area contributed by atoms with Gasteiger partial charge in [0.1, 0.15) is 11.7 Å². The van der Waals surface area contributed by atoms with E-state index >= 15 is 0 Å². The maximum atomic E-state index is 13.2. The van der Waals surface area contributed by atoms with Gasteiger partial charge in [-0.1, -0.05) is 24.3 Å². The second kappa shape index (κ2) is 6.46. The van der Waals surface area contributed by atoms with Gasteiger partial charge in [-0.3, -0.25) is 29.9 Å². The largest absolute Gasteiger partial charge is 0.395 e. The van der Waals surface area contributed by atoms with E-state index in [9.17, 15) is 34.9 Å². The number of nitro groups is 2. The van der Waals surface area contributed by atoms with Gasteiger partial charge in [-0.2, -0.15) is 0 Å². The number of ketones is 2. The van der Waals surface area contributed by atoms with E-state index in [0.717, 1.165) is 0 Å². The lowest BCUT2D eigenvalue weighted by atomic mass is 9.56. The number of nitrogens with zero attached hydrogens (tertiary/aromatic N) is 3. The summed E-state index contributed by atoms with van der Waals surface area (Å²) in [6.45, 7) is 0.176. The predicted octanol–water partition coefficient (Wildman–Crippen LogP) is 0.274. The lowest BCUT2D eigenvalue weighted by Crippen LogP contribution is -2.75. The fourth-order valence-electron chi connectivity index (χ4n) is 4.62. The van der Waals surface area contributed by atoms with Crippen LogP contribution in [0.4, 0.5) is 0 Å². The first-order chi connectivity index (χ1) is 12.7. The molecular weight excluding hydrogens is 358 g/mol. The van der Waals surface area contributed by atoms with Gasteiger partial charge in [0.2, 0.25) is 5.78 Å². The zero-order valence-corrected chi connectivity index (χ0v) is 14.7. The summed E-state index contributed by atoms with van der Waals surface area (Å²) in [4.78, 5) is 49.6. The summed E-state index contributed by atoms with van der Waals surface area (Å²) in [5.74, 6) is -2.69. The number of β-amino-alcohol motifs (C(OH)–C–C–N with tert-alkyl or cyclic N) is 1. The highest BCUT2D eigenvalue weighted by Crippen LogP contribution is 2.53. The van der Waals surface area contributed by atoms with Gasteiger partial charge in [0.15, 0.2) is 0 Å². The summed E-state index contributed by atoms with van der Waals surface area (Å²) in [7, 11) is 0. The van der Waals surface area contributed by atoms with E-state index in [-0.39, 0.29) is 37.4 Å². The minimum absolute atomic E-state index is 0.0469. The topological polar surface area (TPSA) is 144 Å². The standard InChI is InChI=1S/C17H19N3O7/c1-11(22)8-14-16(19(24)25)9-18(6-7-21)10-17(14,20(26)27)15(23)12-4-2-3-5-13(12)16/h2-5,14,21H,6-10H2,1H3/t14-,16+,17+/m0/s1. The molecule has 2 bridgehead atoms. The molecule has 1 aromatic rings. The average molecular weight is 377 g/mol. The van der Waals surface area contributed by atoms with Crippen molar-refractivity contribution in [1.82, 2.24) is 4.90 Å². The number of Topliss-reactive ketones (excluding diaryl/α,β-unsaturated/α-hetero) is 2. The Balaban J connectivity index is 2.39. The van der Waals surface area contributed by atoms with Gasteiger partial charge in [0.05, 0.1) is 19.7 Å². The van der Waals surface area contributed by atoms with Gasteiger partial charge in [0.25, 0.3) is 5.54 Å². The Hall–Kier alpha value is -2.72. The Kier molecular flexibility index (Phi) is 4.56. The third-order valence-electron chi connectivity index (χ3n) is 5.67. The number of aliphatic hydroxyl groups excluding tert-OH is 1. The fraction of sp³-hybridized carbons (Fsp3) is 0.529. The number of aliphatic hydroxyl groups is 1. The maximum absolute atomic E-state index is 13.2. The van der Waals surface area contributed by atoms with Crippen LogP contribution in [0.15, 0.2) is 24.3 Å². The van der Waals surface area contributed by atoms with Crippen LogP contribution in [0.5, 0.6) is 0 Å². The Labute approximate surface area is 154 Å². The molecule has 0 spiro atoms. The normalized spacial score (nSPS) is 29.9. The number of hydrogen-bond donors (Lipinski definition) is 1. The molecule has 3 rings (SSSR count). The summed E-state index contributed by atoms with van der Waals surface area (Å²) in [6, 6.07) is 5.83. The van der Waals surface area contributed by atoms with Crippen molar-refractivity contribution in [3.05, 3.63) is 55.6 Å². The Bertz CT molecular complexity index is 842. The lowest BCUT2D eigenvalue weighted by molar-refractivity contribution is -0.640. The number of likely N-dealkylation sites (tertiary alicyclic amines) is 1. The van der Waals surface area contributed by atoms with Crippen LogP contribution >= 0.6 is 0 Å². The van der Waals surface area contributed by atoms with Crippen LogP contribution in [0.1, 0.15) is 29.3 Å². The van der Waals surface area contributed by atoms with E-state index in [1.807, 2.05) is 0 Å². The number of rotatable bonds is 6. The van der Waals surface area contributed by atoms with Crippen LogP contribution in [0.2, 0.25) is 0 Å². The van der Waals surface area contributed by atoms with Crippen LogP contribution < -0.4 is 0 Å². The van der Waals surface area contributed by atoms with Crippen LogP contribution in [-0.2, 0) is 10.3 Å². The van der Waals surface area contributed by atoms with Gasteiger partial charge >= 0.3 is 5.54 Å². The van der Waals surface area contributed by atoms with Crippen molar-refractivity contribution >= 4 is 11.6 Å². The smallest absolute Gasteiger partial charge is 0.306 e. The molecule has 10 heteroatoms. The monoisotopic (exact) mass is 377 g/mol. The second-order valence-electron chi connectivity index (χ2n) is 7.13. The minimum Gasteiger partial charge on any atom is -0.395 e. The molecule has 3 atom stereocenters. The number of piperidine rings is 1. The van der Waals surface area contributed by atoms with Crippen molar-refractivity contribution in [1.29, 1.82) is 0 Å². The third kappa shape index (κ3) is 2.47. The highest BCUT2D eigenvalue weighted by molar-refractivity contribution is 6.06. The molecule has 0 unspecified atom stereocenters. The van der Waals surface area contributed by atoms with Crippen molar-refractivity contribution < 1.29 is 24.5 Å². The number of hydrogen-bond acceptors (Lipinski definition) is 8. The third-order valence-corrected chi connectivity index (χ3v) is 5.67. The van der Waals surface area contributed by atoms with Crippen molar-refractivity contribution in [2.24, 2.45) is 5.92 Å². The molecular formula is C17H19N3O7. The van der Waals surface area contributed by atoms with E-state index in [4.69, 9.17) is 0 Å². The van der Waals surface area contributed by atoms with Crippen molar-refractivity contribution in [2.45, 2.75) is 24.4 Å². The molecule has 144 valence electrons. The van der Waals surface area contributed by atoms with Gasteiger partial charge in [0, 0.05) is 33.9 Å². The first-order valence-corrected chi connectivity index (χ1v) is 8.47. The number of benzene rings is 1. The van der Waals surface area contributed by atoms with Gasteiger partial charge in [-0.15, -0.1) is 0 Å². The van der Waals surface area contributed by atoms with Crippen molar-refractivity contribution in [3.63, 3.8) is 0 Å². The Morgan fingerprint density at radius 2 is 1.81 bits per heavy atom. The number of carbonyl (C=O) groups excluding carboxylic acids is 2. The molecule has 10 nitrogen and oxygen atoms in total. The van der Waals surface area contributed by atoms with Crippen molar-refractivity contribution in [3.8, 4) is 0 Å². The predicted molar refractivity (Wildman–Crippen MR) is 91.5 cm³/mol. The van der Waals surface area contributed by atoms with Gasteiger partial charge < -0.3 is 9.90 Å². The minimum atomic E-state index is -2.32. The SMILES string of the molecule is CC(=O)C[C@@H]1[C@]2([N+](=O)[O-])CN(CCO)C[C@@]1([N+](=O)[O-])c1ccccc1C2=O. The fourth-order valence-corrected chi connectivity index (χ4v) is 4.62. The zero-order chi connectivity index (χ0) is 20.0.